The lowest BCUT2D eigenvalue weighted by Crippen LogP contribution is -2.44. The Kier molecular flexibility index (Phi) is 2.78. The Hall–Kier alpha value is -1.58. The quantitative estimate of drug-likeness (QED) is 0.857. The molecule has 3 nitrogen and oxygen atoms in total. The van der Waals surface area contributed by atoms with Gasteiger partial charge in [-0.15, -0.1) is 6.58 Å². The van der Waals surface area contributed by atoms with Crippen LogP contribution >= 0.6 is 0 Å². The van der Waals surface area contributed by atoms with Crippen molar-refractivity contribution in [2.75, 3.05) is 13.6 Å². The summed E-state index contributed by atoms with van der Waals surface area (Å²) < 4.78 is 2.21. The molecule has 0 saturated heterocycles. The van der Waals surface area contributed by atoms with Gasteiger partial charge in [-0.1, -0.05) is 24.3 Å². The van der Waals surface area contributed by atoms with Crippen molar-refractivity contribution in [2.45, 2.75) is 37.5 Å². The van der Waals surface area contributed by atoms with Crippen molar-refractivity contribution in [3.05, 3.63) is 48.2 Å². The van der Waals surface area contributed by atoms with Gasteiger partial charge in [0.2, 0.25) is 0 Å². The van der Waals surface area contributed by atoms with Gasteiger partial charge >= 0.3 is 0 Å². The molecule has 0 saturated carbocycles. The number of para-hydroxylation sites is 1. The SMILES string of the molecule is C=CCC1(O)CCC2c3c(c4ccccc4n31)CCN2C. The van der Waals surface area contributed by atoms with E-state index in [0.717, 1.165) is 25.8 Å². The fraction of sp³-hybridized carbons (Fsp3) is 0.444. The fourth-order valence-corrected chi connectivity index (χ4v) is 4.30. The lowest BCUT2D eigenvalue weighted by Gasteiger charge is -2.44. The van der Waals surface area contributed by atoms with Crippen LogP contribution in [-0.4, -0.2) is 28.2 Å². The molecule has 1 aromatic heterocycles. The van der Waals surface area contributed by atoms with Crippen molar-refractivity contribution >= 4 is 10.9 Å². The molecule has 0 spiro atoms. The highest BCUT2D eigenvalue weighted by Crippen LogP contribution is 2.47. The molecule has 1 N–H and O–H groups in total. The van der Waals surface area contributed by atoms with Gasteiger partial charge in [0.05, 0.1) is 11.6 Å². The predicted octanol–water partition coefficient (Wildman–Crippen LogP) is 3.19. The predicted molar refractivity (Wildman–Crippen MR) is 85.3 cm³/mol. The maximum absolute atomic E-state index is 11.2. The Morgan fingerprint density at radius 2 is 2.24 bits per heavy atom. The average Bonchev–Trinajstić information content (AvgIpc) is 2.82. The second-order valence-corrected chi connectivity index (χ2v) is 6.48. The molecule has 2 aliphatic heterocycles. The Morgan fingerprint density at radius 3 is 3.05 bits per heavy atom. The molecule has 1 aromatic carbocycles. The highest BCUT2D eigenvalue weighted by molar-refractivity contribution is 5.86. The largest absolute Gasteiger partial charge is 0.370 e. The maximum Gasteiger partial charge on any atom is 0.145 e. The summed E-state index contributed by atoms with van der Waals surface area (Å²) in [7, 11) is 2.20. The zero-order valence-electron chi connectivity index (χ0n) is 12.5. The number of likely N-dealkylation sites (N-methyl/N-ethyl adjacent to an activating group) is 1. The molecule has 0 fully saturated rings. The minimum atomic E-state index is -0.816. The maximum atomic E-state index is 11.2. The Bertz CT molecular complexity index is 717. The minimum Gasteiger partial charge on any atom is -0.370 e. The third kappa shape index (κ3) is 1.68. The summed E-state index contributed by atoms with van der Waals surface area (Å²) in [5.74, 6) is 0. The van der Waals surface area contributed by atoms with Crippen molar-refractivity contribution in [1.29, 1.82) is 0 Å². The van der Waals surface area contributed by atoms with Crippen molar-refractivity contribution < 1.29 is 5.11 Å². The van der Waals surface area contributed by atoms with Crippen molar-refractivity contribution in [3.63, 3.8) is 0 Å². The molecule has 3 heteroatoms. The number of hydrogen-bond donors (Lipinski definition) is 1. The number of rotatable bonds is 2. The third-order valence-corrected chi connectivity index (χ3v) is 5.29. The van der Waals surface area contributed by atoms with E-state index in [1.165, 1.54) is 22.2 Å². The molecule has 2 aliphatic rings. The molecule has 110 valence electrons. The van der Waals surface area contributed by atoms with E-state index in [0.29, 0.717) is 12.5 Å². The summed E-state index contributed by atoms with van der Waals surface area (Å²) in [4.78, 5) is 2.44. The van der Waals surface area contributed by atoms with E-state index in [2.05, 4.69) is 47.4 Å². The van der Waals surface area contributed by atoms with E-state index in [1.54, 1.807) is 0 Å². The summed E-state index contributed by atoms with van der Waals surface area (Å²) in [6, 6.07) is 8.95. The van der Waals surface area contributed by atoms with Gasteiger partial charge in [0.25, 0.3) is 0 Å². The zero-order valence-corrected chi connectivity index (χ0v) is 12.5. The summed E-state index contributed by atoms with van der Waals surface area (Å²) in [6.45, 7) is 4.95. The molecular formula is C18H22N2O. The molecule has 0 bridgehead atoms. The molecule has 21 heavy (non-hydrogen) atoms. The first kappa shape index (κ1) is 13.1. The number of hydrogen-bond acceptors (Lipinski definition) is 2. The van der Waals surface area contributed by atoms with Crippen LogP contribution in [0.5, 0.6) is 0 Å². The first-order valence-electron chi connectivity index (χ1n) is 7.82. The van der Waals surface area contributed by atoms with Gasteiger partial charge in [0.15, 0.2) is 0 Å². The monoisotopic (exact) mass is 282 g/mol. The van der Waals surface area contributed by atoms with Crippen LogP contribution in [0.2, 0.25) is 0 Å². The lowest BCUT2D eigenvalue weighted by atomic mass is 9.88. The van der Waals surface area contributed by atoms with E-state index >= 15 is 0 Å². The van der Waals surface area contributed by atoms with Crippen LogP contribution in [-0.2, 0) is 12.1 Å². The van der Waals surface area contributed by atoms with Crippen LogP contribution in [0.4, 0.5) is 0 Å². The molecular weight excluding hydrogens is 260 g/mol. The molecule has 2 atom stereocenters. The second kappa shape index (κ2) is 4.46. The van der Waals surface area contributed by atoms with Crippen LogP contribution in [0.1, 0.15) is 36.6 Å². The highest BCUT2D eigenvalue weighted by Gasteiger charge is 2.42. The Morgan fingerprint density at radius 1 is 1.43 bits per heavy atom. The third-order valence-electron chi connectivity index (χ3n) is 5.29. The van der Waals surface area contributed by atoms with Gasteiger partial charge in [-0.3, -0.25) is 4.90 Å². The van der Waals surface area contributed by atoms with Crippen LogP contribution in [0.25, 0.3) is 10.9 Å². The van der Waals surface area contributed by atoms with Gasteiger partial charge in [-0.2, -0.15) is 0 Å². The number of fused-ring (bicyclic) bond motifs is 3. The van der Waals surface area contributed by atoms with Crippen LogP contribution in [0, 0.1) is 0 Å². The summed E-state index contributed by atoms with van der Waals surface area (Å²) in [5.41, 5.74) is 3.13. The smallest absolute Gasteiger partial charge is 0.145 e. The topological polar surface area (TPSA) is 28.4 Å². The normalized spacial score (nSPS) is 28.6. The molecule has 4 rings (SSSR count). The average molecular weight is 282 g/mol. The summed E-state index contributed by atoms with van der Waals surface area (Å²) in [6.07, 6.45) is 5.33. The van der Waals surface area contributed by atoms with Crippen molar-refractivity contribution in [3.8, 4) is 0 Å². The standard InChI is InChI=1S/C18H22N2O/c1-3-10-18(21)11-8-16-17-14(9-12-19(16)2)13-6-4-5-7-15(13)20(17)18/h3-7,16,21H,1,8-12H2,2H3. The van der Waals surface area contributed by atoms with Gasteiger partial charge in [-0.25, -0.2) is 0 Å². The molecule has 0 aliphatic carbocycles. The van der Waals surface area contributed by atoms with Crippen LogP contribution in [0.15, 0.2) is 36.9 Å². The van der Waals surface area contributed by atoms with E-state index in [4.69, 9.17) is 0 Å². The van der Waals surface area contributed by atoms with Gasteiger partial charge < -0.3 is 9.67 Å². The van der Waals surface area contributed by atoms with E-state index in [-0.39, 0.29) is 0 Å². The Labute approximate surface area is 125 Å². The summed E-state index contributed by atoms with van der Waals surface area (Å²) in [5, 5.41) is 12.5. The lowest BCUT2D eigenvalue weighted by molar-refractivity contribution is -0.0659. The highest BCUT2D eigenvalue weighted by atomic mass is 16.3. The van der Waals surface area contributed by atoms with Crippen molar-refractivity contribution in [1.82, 2.24) is 9.47 Å². The summed E-state index contributed by atoms with van der Waals surface area (Å²) >= 11 is 0. The fourth-order valence-electron chi connectivity index (χ4n) is 4.30. The Balaban J connectivity index is 2.07. The molecule has 0 amide bonds. The van der Waals surface area contributed by atoms with E-state index in [9.17, 15) is 5.11 Å². The van der Waals surface area contributed by atoms with Gasteiger partial charge in [0, 0.05) is 24.0 Å². The number of aliphatic hydroxyl groups is 1. The number of aromatic nitrogens is 1. The van der Waals surface area contributed by atoms with Gasteiger partial charge in [0.1, 0.15) is 5.72 Å². The van der Waals surface area contributed by atoms with Crippen LogP contribution in [0.3, 0.4) is 0 Å². The van der Waals surface area contributed by atoms with E-state index < -0.39 is 5.72 Å². The molecule has 2 aromatic rings. The van der Waals surface area contributed by atoms with Crippen LogP contribution < -0.4 is 0 Å². The second-order valence-electron chi connectivity index (χ2n) is 6.48. The zero-order chi connectivity index (χ0) is 14.6. The minimum absolute atomic E-state index is 0.436. The number of benzene rings is 1. The molecule has 3 heterocycles. The number of nitrogens with zero attached hydrogens (tertiary/aromatic N) is 2. The molecule has 0 radical (unpaired) electrons. The first-order valence-corrected chi connectivity index (χ1v) is 7.82. The van der Waals surface area contributed by atoms with E-state index in [1.807, 2.05) is 6.08 Å². The van der Waals surface area contributed by atoms with Crippen molar-refractivity contribution in [2.24, 2.45) is 0 Å². The van der Waals surface area contributed by atoms with Gasteiger partial charge in [-0.05, 0) is 37.9 Å². The first-order chi connectivity index (χ1) is 10.2. The molecule has 2 unspecified atom stereocenters.